The highest BCUT2D eigenvalue weighted by molar-refractivity contribution is 5.77. The average Bonchev–Trinajstić information content (AvgIpc) is 3.09. The number of carbonyl (C=O) groups is 1. The van der Waals surface area contributed by atoms with E-state index in [0.29, 0.717) is 11.5 Å². The van der Waals surface area contributed by atoms with Gasteiger partial charge in [-0.05, 0) is 19.1 Å². The molecule has 5 heteroatoms. The first-order valence-electron chi connectivity index (χ1n) is 7.68. The molecule has 24 heavy (non-hydrogen) atoms. The number of aryl methyl sites for hydroxylation is 1. The third kappa shape index (κ3) is 4.23. The number of nitrogens with zero attached hydrogens (tertiary/aromatic N) is 1. The maximum absolute atomic E-state index is 11.8. The van der Waals surface area contributed by atoms with Crippen LogP contribution >= 0.6 is 0 Å². The summed E-state index contributed by atoms with van der Waals surface area (Å²) in [6, 6.07) is 19.1. The fraction of sp³-hybridized carbons (Fsp3) is 0.158. The van der Waals surface area contributed by atoms with Gasteiger partial charge in [-0.2, -0.15) is 0 Å². The summed E-state index contributed by atoms with van der Waals surface area (Å²) in [5.74, 6) is 1.04. The number of carbonyl (C=O) groups excluding carboxylic acids is 1. The molecule has 0 aliphatic carbocycles. The number of hydrogen-bond donors (Lipinski definition) is 1. The molecule has 0 radical (unpaired) electrons. The van der Waals surface area contributed by atoms with Gasteiger partial charge in [-0.3, -0.25) is 4.79 Å². The van der Waals surface area contributed by atoms with E-state index in [4.69, 9.17) is 9.26 Å². The van der Waals surface area contributed by atoms with Crippen LogP contribution in [0, 0.1) is 6.92 Å². The average molecular weight is 322 g/mol. The summed E-state index contributed by atoms with van der Waals surface area (Å²) in [5.41, 5.74) is 2.92. The van der Waals surface area contributed by atoms with E-state index in [1.54, 1.807) is 12.1 Å². The highest BCUT2D eigenvalue weighted by Gasteiger charge is 2.08. The molecule has 1 heterocycles. The van der Waals surface area contributed by atoms with E-state index in [0.717, 1.165) is 11.3 Å². The van der Waals surface area contributed by atoms with Gasteiger partial charge < -0.3 is 14.6 Å². The van der Waals surface area contributed by atoms with E-state index < -0.39 is 0 Å². The van der Waals surface area contributed by atoms with Crippen molar-refractivity contribution in [3.63, 3.8) is 0 Å². The largest absolute Gasteiger partial charge is 0.484 e. The van der Waals surface area contributed by atoms with E-state index in [1.807, 2.05) is 55.5 Å². The first kappa shape index (κ1) is 15.8. The number of amides is 1. The summed E-state index contributed by atoms with van der Waals surface area (Å²) < 4.78 is 10.6. The zero-order valence-corrected chi connectivity index (χ0v) is 13.4. The first-order valence-corrected chi connectivity index (χ1v) is 7.68. The molecule has 1 amide bonds. The number of aromatic nitrogens is 1. The molecule has 0 fully saturated rings. The van der Waals surface area contributed by atoms with Crippen LogP contribution in [0.5, 0.6) is 5.75 Å². The third-order valence-corrected chi connectivity index (χ3v) is 3.48. The second kappa shape index (κ2) is 7.46. The minimum atomic E-state index is -0.216. The fourth-order valence-electron chi connectivity index (χ4n) is 2.16. The fourth-order valence-corrected chi connectivity index (χ4v) is 2.16. The quantitative estimate of drug-likeness (QED) is 0.756. The number of hydrogen-bond acceptors (Lipinski definition) is 4. The second-order valence-electron chi connectivity index (χ2n) is 5.42. The van der Waals surface area contributed by atoms with Crippen LogP contribution in [0.4, 0.5) is 0 Å². The number of benzene rings is 2. The Morgan fingerprint density at radius 2 is 1.88 bits per heavy atom. The van der Waals surface area contributed by atoms with Crippen molar-refractivity contribution in [2.45, 2.75) is 13.5 Å². The van der Waals surface area contributed by atoms with Gasteiger partial charge in [0.1, 0.15) is 11.4 Å². The van der Waals surface area contributed by atoms with Gasteiger partial charge in [-0.1, -0.05) is 53.2 Å². The third-order valence-electron chi connectivity index (χ3n) is 3.48. The molecule has 1 aromatic heterocycles. The monoisotopic (exact) mass is 322 g/mol. The summed E-state index contributed by atoms with van der Waals surface area (Å²) in [7, 11) is 0. The Labute approximate surface area is 140 Å². The van der Waals surface area contributed by atoms with Crippen LogP contribution in [0.15, 0.2) is 65.2 Å². The standard InChI is InChI=1S/C19H18N2O3/c1-14-7-9-15(10-8-14)18-11-17(24-21-18)12-20-19(22)13-23-16-5-3-2-4-6-16/h2-11H,12-13H2,1H3,(H,20,22). The normalized spacial score (nSPS) is 10.4. The highest BCUT2D eigenvalue weighted by Crippen LogP contribution is 2.19. The van der Waals surface area contributed by atoms with Crippen LogP contribution in [0.2, 0.25) is 0 Å². The van der Waals surface area contributed by atoms with Crippen LogP contribution in [0.3, 0.4) is 0 Å². The molecular weight excluding hydrogens is 304 g/mol. The zero-order valence-electron chi connectivity index (χ0n) is 13.4. The predicted molar refractivity (Wildman–Crippen MR) is 90.5 cm³/mol. The van der Waals surface area contributed by atoms with E-state index in [1.165, 1.54) is 5.56 Å². The maximum atomic E-state index is 11.8. The van der Waals surface area contributed by atoms with Crippen molar-refractivity contribution in [3.05, 3.63) is 72.0 Å². The van der Waals surface area contributed by atoms with Crippen LogP contribution in [0.1, 0.15) is 11.3 Å². The molecule has 0 bridgehead atoms. The van der Waals surface area contributed by atoms with Crippen molar-refractivity contribution in [2.24, 2.45) is 0 Å². The molecule has 2 aromatic carbocycles. The molecular formula is C19H18N2O3. The second-order valence-corrected chi connectivity index (χ2v) is 5.42. The summed E-state index contributed by atoms with van der Waals surface area (Å²) in [5, 5.41) is 6.78. The SMILES string of the molecule is Cc1ccc(-c2cc(CNC(=O)COc3ccccc3)on2)cc1. The minimum Gasteiger partial charge on any atom is -0.484 e. The number of para-hydroxylation sites is 1. The van der Waals surface area contributed by atoms with Gasteiger partial charge in [0.25, 0.3) is 5.91 Å². The van der Waals surface area contributed by atoms with Gasteiger partial charge in [0, 0.05) is 11.6 Å². The van der Waals surface area contributed by atoms with Crippen molar-refractivity contribution in [3.8, 4) is 17.0 Å². The predicted octanol–water partition coefficient (Wildman–Crippen LogP) is 3.35. The summed E-state index contributed by atoms with van der Waals surface area (Å²) in [6.07, 6.45) is 0. The molecule has 1 N–H and O–H groups in total. The molecule has 0 aliphatic rings. The van der Waals surface area contributed by atoms with Gasteiger partial charge in [-0.25, -0.2) is 0 Å². The van der Waals surface area contributed by atoms with Crippen LogP contribution in [-0.2, 0) is 11.3 Å². The molecule has 122 valence electrons. The van der Waals surface area contributed by atoms with Crippen molar-refractivity contribution in [1.82, 2.24) is 10.5 Å². The van der Waals surface area contributed by atoms with Crippen molar-refractivity contribution in [2.75, 3.05) is 6.61 Å². The molecule has 3 rings (SSSR count). The van der Waals surface area contributed by atoms with Crippen LogP contribution in [0.25, 0.3) is 11.3 Å². The molecule has 5 nitrogen and oxygen atoms in total. The minimum absolute atomic E-state index is 0.0387. The highest BCUT2D eigenvalue weighted by atomic mass is 16.5. The lowest BCUT2D eigenvalue weighted by Gasteiger charge is -2.05. The molecule has 0 spiro atoms. The molecule has 3 aromatic rings. The summed E-state index contributed by atoms with van der Waals surface area (Å²) >= 11 is 0. The Morgan fingerprint density at radius 3 is 2.62 bits per heavy atom. The Bertz CT molecular complexity index is 795. The van der Waals surface area contributed by atoms with E-state index in [-0.39, 0.29) is 19.1 Å². The van der Waals surface area contributed by atoms with Gasteiger partial charge >= 0.3 is 0 Å². The lowest BCUT2D eigenvalue weighted by atomic mass is 10.1. The topological polar surface area (TPSA) is 64.4 Å². The number of ether oxygens (including phenoxy) is 1. The smallest absolute Gasteiger partial charge is 0.258 e. The zero-order chi connectivity index (χ0) is 16.8. The lowest BCUT2D eigenvalue weighted by Crippen LogP contribution is -2.28. The lowest BCUT2D eigenvalue weighted by molar-refractivity contribution is -0.123. The van der Waals surface area contributed by atoms with Crippen LogP contribution < -0.4 is 10.1 Å². The molecule has 0 saturated heterocycles. The summed E-state index contributed by atoms with van der Waals surface area (Å²) in [4.78, 5) is 11.8. The van der Waals surface area contributed by atoms with Gasteiger partial charge in [-0.15, -0.1) is 0 Å². The summed E-state index contributed by atoms with van der Waals surface area (Å²) in [6.45, 7) is 2.27. The van der Waals surface area contributed by atoms with Crippen molar-refractivity contribution >= 4 is 5.91 Å². The molecule has 0 saturated carbocycles. The van der Waals surface area contributed by atoms with E-state index in [9.17, 15) is 4.79 Å². The Kier molecular flexibility index (Phi) is 4.91. The van der Waals surface area contributed by atoms with Crippen LogP contribution in [-0.4, -0.2) is 17.7 Å². The van der Waals surface area contributed by atoms with Crippen molar-refractivity contribution < 1.29 is 14.1 Å². The Morgan fingerprint density at radius 1 is 1.12 bits per heavy atom. The maximum Gasteiger partial charge on any atom is 0.258 e. The van der Waals surface area contributed by atoms with E-state index in [2.05, 4.69) is 10.5 Å². The Balaban J connectivity index is 1.50. The molecule has 0 aliphatic heterocycles. The van der Waals surface area contributed by atoms with Gasteiger partial charge in [0.05, 0.1) is 6.54 Å². The Hall–Kier alpha value is -3.08. The van der Waals surface area contributed by atoms with Gasteiger partial charge in [0.15, 0.2) is 12.4 Å². The van der Waals surface area contributed by atoms with Crippen molar-refractivity contribution in [1.29, 1.82) is 0 Å². The molecule has 0 atom stereocenters. The number of rotatable bonds is 6. The van der Waals surface area contributed by atoms with E-state index >= 15 is 0 Å². The van der Waals surface area contributed by atoms with Gasteiger partial charge in [0.2, 0.25) is 0 Å². The molecule has 0 unspecified atom stereocenters. The number of nitrogens with one attached hydrogen (secondary N) is 1. The first-order chi connectivity index (χ1) is 11.7.